The predicted octanol–water partition coefficient (Wildman–Crippen LogP) is 2.53. The van der Waals surface area contributed by atoms with Crippen molar-refractivity contribution in [3.8, 4) is 0 Å². The van der Waals surface area contributed by atoms with Crippen molar-refractivity contribution in [2.75, 3.05) is 19.6 Å². The first kappa shape index (κ1) is 16.5. The molecule has 2 atom stereocenters. The SMILES string of the molecule is CC(=O)SC1CC(=O)N([C@@H]2CCCN(Cc3ccccc3)C2)C1. The van der Waals surface area contributed by atoms with Gasteiger partial charge in [0.2, 0.25) is 5.91 Å². The highest BCUT2D eigenvalue weighted by atomic mass is 32.2. The quantitative estimate of drug-likeness (QED) is 0.849. The lowest BCUT2D eigenvalue weighted by Crippen LogP contribution is -2.48. The zero-order valence-electron chi connectivity index (χ0n) is 13.6. The molecule has 0 N–H and O–H groups in total. The number of benzene rings is 1. The highest BCUT2D eigenvalue weighted by Gasteiger charge is 2.36. The van der Waals surface area contributed by atoms with Gasteiger partial charge in [0.1, 0.15) is 0 Å². The van der Waals surface area contributed by atoms with Crippen molar-refractivity contribution >= 4 is 22.8 Å². The molecule has 0 bridgehead atoms. The average molecular weight is 332 g/mol. The van der Waals surface area contributed by atoms with E-state index in [9.17, 15) is 9.59 Å². The molecule has 0 radical (unpaired) electrons. The molecule has 1 unspecified atom stereocenters. The summed E-state index contributed by atoms with van der Waals surface area (Å²) < 4.78 is 0. The van der Waals surface area contributed by atoms with Crippen molar-refractivity contribution in [3.63, 3.8) is 0 Å². The van der Waals surface area contributed by atoms with Crippen LogP contribution in [0.25, 0.3) is 0 Å². The molecule has 1 aromatic carbocycles. The van der Waals surface area contributed by atoms with Gasteiger partial charge in [0.25, 0.3) is 0 Å². The van der Waals surface area contributed by atoms with Crippen LogP contribution in [-0.2, 0) is 16.1 Å². The molecule has 2 saturated heterocycles. The Labute approximate surface area is 142 Å². The topological polar surface area (TPSA) is 40.6 Å². The smallest absolute Gasteiger partial charge is 0.224 e. The van der Waals surface area contributed by atoms with Crippen molar-refractivity contribution in [2.24, 2.45) is 0 Å². The zero-order valence-corrected chi connectivity index (χ0v) is 14.4. The molecule has 5 heteroatoms. The van der Waals surface area contributed by atoms with E-state index in [0.29, 0.717) is 12.5 Å². The molecule has 0 spiro atoms. The van der Waals surface area contributed by atoms with Crippen LogP contribution >= 0.6 is 11.8 Å². The van der Waals surface area contributed by atoms with Crippen molar-refractivity contribution in [1.29, 1.82) is 0 Å². The third-order valence-corrected chi connectivity index (χ3v) is 5.61. The first-order valence-electron chi connectivity index (χ1n) is 8.35. The number of thioether (sulfide) groups is 1. The van der Waals surface area contributed by atoms with Crippen LogP contribution in [0, 0.1) is 0 Å². The van der Waals surface area contributed by atoms with E-state index in [2.05, 4.69) is 29.2 Å². The van der Waals surface area contributed by atoms with E-state index in [1.807, 2.05) is 11.0 Å². The maximum atomic E-state index is 12.3. The van der Waals surface area contributed by atoms with Crippen LogP contribution in [0.5, 0.6) is 0 Å². The molecule has 23 heavy (non-hydrogen) atoms. The maximum absolute atomic E-state index is 12.3. The lowest BCUT2D eigenvalue weighted by atomic mass is 10.0. The molecular weight excluding hydrogens is 308 g/mol. The van der Waals surface area contributed by atoms with Crippen molar-refractivity contribution < 1.29 is 9.59 Å². The van der Waals surface area contributed by atoms with Crippen LogP contribution < -0.4 is 0 Å². The lowest BCUT2D eigenvalue weighted by molar-refractivity contribution is -0.130. The minimum atomic E-state index is 0.110. The fraction of sp³-hybridized carbons (Fsp3) is 0.556. The summed E-state index contributed by atoms with van der Waals surface area (Å²) in [4.78, 5) is 28.1. The standard InChI is InChI=1S/C18H24N2O2S/c1-14(21)23-17-10-18(22)20(13-17)16-8-5-9-19(12-16)11-15-6-3-2-4-7-15/h2-4,6-7,16-17H,5,8-13H2,1H3/t16-,17?/m1/s1. The number of carbonyl (C=O) groups is 2. The Hall–Kier alpha value is -1.33. The zero-order chi connectivity index (χ0) is 16.2. The molecule has 4 nitrogen and oxygen atoms in total. The average Bonchev–Trinajstić information content (AvgIpc) is 2.88. The van der Waals surface area contributed by atoms with Gasteiger partial charge >= 0.3 is 0 Å². The van der Waals surface area contributed by atoms with Crippen LogP contribution in [0.1, 0.15) is 31.7 Å². The Balaban J connectivity index is 1.58. The summed E-state index contributed by atoms with van der Waals surface area (Å²) in [6.07, 6.45) is 2.72. The van der Waals surface area contributed by atoms with E-state index in [1.165, 1.54) is 17.3 Å². The van der Waals surface area contributed by atoms with Gasteiger partial charge in [-0.15, -0.1) is 0 Å². The van der Waals surface area contributed by atoms with Crippen LogP contribution in [0.15, 0.2) is 30.3 Å². The number of amides is 1. The van der Waals surface area contributed by atoms with Crippen LogP contribution in [0.4, 0.5) is 0 Å². The van der Waals surface area contributed by atoms with E-state index in [0.717, 1.165) is 39.0 Å². The number of hydrogen-bond acceptors (Lipinski definition) is 4. The Morgan fingerprint density at radius 1 is 1.26 bits per heavy atom. The predicted molar refractivity (Wildman–Crippen MR) is 93.1 cm³/mol. The summed E-state index contributed by atoms with van der Waals surface area (Å²) in [7, 11) is 0. The first-order valence-corrected chi connectivity index (χ1v) is 9.23. The van der Waals surface area contributed by atoms with Crippen LogP contribution in [0.2, 0.25) is 0 Å². The largest absolute Gasteiger partial charge is 0.337 e. The first-order chi connectivity index (χ1) is 11.1. The van der Waals surface area contributed by atoms with E-state index in [1.54, 1.807) is 6.92 Å². The second kappa shape index (κ2) is 7.49. The molecule has 1 aromatic rings. The Kier molecular flexibility index (Phi) is 5.38. The van der Waals surface area contributed by atoms with Crippen molar-refractivity contribution in [1.82, 2.24) is 9.80 Å². The third kappa shape index (κ3) is 4.36. The summed E-state index contributed by atoms with van der Waals surface area (Å²) in [5, 5.41) is 0.253. The number of nitrogens with zero attached hydrogens (tertiary/aromatic N) is 2. The van der Waals surface area contributed by atoms with Gasteiger partial charge in [0.05, 0.1) is 0 Å². The van der Waals surface area contributed by atoms with Crippen LogP contribution in [-0.4, -0.2) is 51.7 Å². The Bertz CT molecular complexity index is 563. The van der Waals surface area contributed by atoms with Gasteiger partial charge in [0, 0.05) is 44.3 Å². The molecule has 2 heterocycles. The highest BCUT2D eigenvalue weighted by Crippen LogP contribution is 2.28. The van der Waals surface area contributed by atoms with Gasteiger partial charge in [-0.3, -0.25) is 14.5 Å². The lowest BCUT2D eigenvalue weighted by Gasteiger charge is -2.37. The summed E-state index contributed by atoms with van der Waals surface area (Å²) in [6, 6.07) is 10.8. The second-order valence-corrected chi connectivity index (χ2v) is 7.98. The van der Waals surface area contributed by atoms with Gasteiger partial charge in [-0.2, -0.15) is 0 Å². The molecule has 124 valence electrons. The number of carbonyl (C=O) groups excluding carboxylic acids is 2. The van der Waals surface area contributed by atoms with E-state index in [-0.39, 0.29) is 16.3 Å². The minimum absolute atomic E-state index is 0.110. The number of piperidine rings is 1. The summed E-state index contributed by atoms with van der Waals surface area (Å²) in [5.41, 5.74) is 1.32. The van der Waals surface area contributed by atoms with Crippen molar-refractivity contribution in [2.45, 2.75) is 44.0 Å². The molecule has 0 aromatic heterocycles. The van der Waals surface area contributed by atoms with E-state index in [4.69, 9.17) is 0 Å². The van der Waals surface area contributed by atoms with E-state index >= 15 is 0 Å². The summed E-state index contributed by atoms with van der Waals surface area (Å²) in [6.45, 7) is 5.30. The summed E-state index contributed by atoms with van der Waals surface area (Å²) in [5.74, 6) is 0.218. The maximum Gasteiger partial charge on any atom is 0.224 e. The summed E-state index contributed by atoms with van der Waals surface area (Å²) >= 11 is 1.32. The molecule has 0 aliphatic carbocycles. The number of likely N-dealkylation sites (tertiary alicyclic amines) is 2. The number of hydrogen-bond donors (Lipinski definition) is 0. The number of rotatable bonds is 4. The molecule has 2 fully saturated rings. The normalized spacial score (nSPS) is 25.8. The second-order valence-electron chi connectivity index (χ2n) is 6.50. The highest BCUT2D eigenvalue weighted by molar-refractivity contribution is 8.14. The molecule has 1 amide bonds. The Morgan fingerprint density at radius 3 is 2.78 bits per heavy atom. The Morgan fingerprint density at radius 2 is 2.04 bits per heavy atom. The van der Waals surface area contributed by atoms with Gasteiger partial charge in [-0.25, -0.2) is 0 Å². The van der Waals surface area contributed by atoms with E-state index < -0.39 is 0 Å². The van der Waals surface area contributed by atoms with Gasteiger partial charge in [0.15, 0.2) is 5.12 Å². The fourth-order valence-electron chi connectivity index (χ4n) is 3.63. The monoisotopic (exact) mass is 332 g/mol. The molecule has 0 saturated carbocycles. The van der Waals surface area contributed by atoms with Crippen LogP contribution in [0.3, 0.4) is 0 Å². The van der Waals surface area contributed by atoms with Gasteiger partial charge in [-0.1, -0.05) is 42.1 Å². The molecular formula is C18H24N2O2S. The minimum Gasteiger partial charge on any atom is -0.337 e. The molecule has 2 aliphatic heterocycles. The van der Waals surface area contributed by atoms with Crippen molar-refractivity contribution in [3.05, 3.63) is 35.9 Å². The fourth-order valence-corrected chi connectivity index (χ4v) is 4.57. The third-order valence-electron chi connectivity index (χ3n) is 4.63. The molecule has 2 aliphatic rings. The van der Waals surface area contributed by atoms with Gasteiger partial charge in [-0.05, 0) is 24.9 Å². The molecule has 3 rings (SSSR count). The van der Waals surface area contributed by atoms with Gasteiger partial charge < -0.3 is 4.90 Å².